The molecular formula is C23H34O3. The zero-order valence-electron chi connectivity index (χ0n) is 16.0. The number of hydrogen-bond acceptors (Lipinski definition) is 3. The summed E-state index contributed by atoms with van der Waals surface area (Å²) >= 11 is 0. The van der Waals surface area contributed by atoms with Gasteiger partial charge in [0.25, 0.3) is 0 Å². The largest absolute Gasteiger partial charge is 0.508 e. The maximum absolute atomic E-state index is 10.7. The second kappa shape index (κ2) is 7.16. The average Bonchev–Trinajstić information content (AvgIpc) is 2.93. The van der Waals surface area contributed by atoms with E-state index in [1.165, 1.54) is 36.8 Å². The van der Waals surface area contributed by atoms with Gasteiger partial charge in [-0.2, -0.15) is 0 Å². The molecule has 3 N–H and O–H groups in total. The second-order valence-corrected chi connectivity index (χ2v) is 9.35. The van der Waals surface area contributed by atoms with Crippen molar-refractivity contribution in [2.24, 2.45) is 23.2 Å². The molecule has 3 aliphatic carbocycles. The lowest BCUT2D eigenvalue weighted by molar-refractivity contribution is -0.0396. The fraction of sp³-hybridized carbons (Fsp3) is 0.739. The van der Waals surface area contributed by atoms with Crippen molar-refractivity contribution in [1.82, 2.24) is 0 Å². The highest BCUT2D eigenvalue weighted by Crippen LogP contribution is 2.62. The van der Waals surface area contributed by atoms with Crippen LogP contribution in [0.25, 0.3) is 0 Å². The average molecular weight is 359 g/mol. The lowest BCUT2D eigenvalue weighted by Gasteiger charge is -2.53. The third-order valence-electron chi connectivity index (χ3n) is 8.07. The Morgan fingerprint density at radius 3 is 2.77 bits per heavy atom. The minimum Gasteiger partial charge on any atom is -0.508 e. The third kappa shape index (κ3) is 2.97. The minimum absolute atomic E-state index is 0.0962. The van der Waals surface area contributed by atoms with Crippen LogP contribution >= 0.6 is 0 Å². The van der Waals surface area contributed by atoms with E-state index >= 15 is 0 Å². The summed E-state index contributed by atoms with van der Waals surface area (Å²) in [5, 5.41) is 29.7. The topological polar surface area (TPSA) is 60.7 Å². The van der Waals surface area contributed by atoms with E-state index in [-0.39, 0.29) is 11.5 Å². The van der Waals surface area contributed by atoms with Crippen LogP contribution in [0.1, 0.15) is 75.3 Å². The van der Waals surface area contributed by atoms with E-state index in [2.05, 4.69) is 13.0 Å². The molecule has 3 nitrogen and oxygen atoms in total. The van der Waals surface area contributed by atoms with Gasteiger partial charge in [-0.1, -0.05) is 25.8 Å². The fourth-order valence-electron chi connectivity index (χ4n) is 6.73. The second-order valence-electron chi connectivity index (χ2n) is 9.35. The monoisotopic (exact) mass is 358 g/mol. The molecule has 4 rings (SSSR count). The van der Waals surface area contributed by atoms with Crippen LogP contribution in [0.4, 0.5) is 0 Å². The van der Waals surface area contributed by atoms with Gasteiger partial charge >= 0.3 is 0 Å². The number of hydrogen-bond donors (Lipinski definition) is 3. The molecule has 0 bridgehead atoms. The number of aliphatic hydroxyl groups excluding tert-OH is 2. The van der Waals surface area contributed by atoms with Crippen LogP contribution in [0, 0.1) is 23.2 Å². The van der Waals surface area contributed by atoms with E-state index in [9.17, 15) is 10.2 Å². The van der Waals surface area contributed by atoms with Crippen LogP contribution in [-0.2, 0) is 6.42 Å². The summed E-state index contributed by atoms with van der Waals surface area (Å²) in [5.41, 5.74) is 2.90. The molecule has 0 saturated heterocycles. The molecule has 0 unspecified atom stereocenters. The summed E-state index contributed by atoms with van der Waals surface area (Å²) in [4.78, 5) is 0. The van der Waals surface area contributed by atoms with Crippen molar-refractivity contribution < 1.29 is 15.3 Å². The first-order chi connectivity index (χ1) is 12.5. The first-order valence-electron chi connectivity index (χ1n) is 10.7. The minimum atomic E-state index is -0.135. The Labute approximate surface area is 157 Å². The molecule has 0 heterocycles. The molecule has 26 heavy (non-hydrogen) atoms. The molecule has 0 amide bonds. The Morgan fingerprint density at radius 2 is 1.96 bits per heavy atom. The van der Waals surface area contributed by atoms with Gasteiger partial charge in [-0.05, 0) is 97.3 Å². The molecule has 0 aromatic heterocycles. The smallest absolute Gasteiger partial charge is 0.115 e. The highest BCUT2D eigenvalue weighted by atomic mass is 16.3. The quantitative estimate of drug-likeness (QED) is 0.684. The molecule has 2 fully saturated rings. The van der Waals surface area contributed by atoms with E-state index in [0.29, 0.717) is 36.0 Å². The van der Waals surface area contributed by atoms with Crippen molar-refractivity contribution in [3.8, 4) is 5.75 Å². The Hall–Kier alpha value is -1.06. The molecule has 2 saturated carbocycles. The van der Waals surface area contributed by atoms with Gasteiger partial charge in [0.15, 0.2) is 0 Å². The maximum Gasteiger partial charge on any atom is 0.115 e. The van der Waals surface area contributed by atoms with Crippen LogP contribution in [-0.4, -0.2) is 28.0 Å². The predicted molar refractivity (Wildman–Crippen MR) is 103 cm³/mol. The Bertz CT molecular complexity index is 642. The molecule has 6 atom stereocenters. The maximum atomic E-state index is 10.7. The van der Waals surface area contributed by atoms with Crippen molar-refractivity contribution in [2.45, 2.75) is 76.7 Å². The fourth-order valence-corrected chi connectivity index (χ4v) is 6.73. The molecule has 3 heteroatoms. The van der Waals surface area contributed by atoms with E-state index in [1.54, 1.807) is 0 Å². The van der Waals surface area contributed by atoms with Gasteiger partial charge < -0.3 is 15.3 Å². The summed E-state index contributed by atoms with van der Waals surface area (Å²) in [6.07, 6.45) is 9.73. The molecule has 1 aromatic rings. The number of phenols is 1. The summed E-state index contributed by atoms with van der Waals surface area (Å²) in [6.45, 7) is 2.63. The first kappa shape index (κ1) is 18.3. The third-order valence-corrected chi connectivity index (χ3v) is 8.07. The molecule has 144 valence electrons. The molecule has 0 spiro atoms. The van der Waals surface area contributed by atoms with Crippen molar-refractivity contribution in [3.05, 3.63) is 29.3 Å². The number of fused-ring (bicyclic) bond motifs is 5. The Balaban J connectivity index is 1.64. The number of benzene rings is 1. The molecular weight excluding hydrogens is 324 g/mol. The van der Waals surface area contributed by atoms with Gasteiger partial charge in [-0.3, -0.25) is 0 Å². The molecule has 0 aliphatic heterocycles. The van der Waals surface area contributed by atoms with Crippen LogP contribution in [0.2, 0.25) is 0 Å². The summed E-state index contributed by atoms with van der Waals surface area (Å²) in [7, 11) is 0. The van der Waals surface area contributed by atoms with Crippen LogP contribution in [0.3, 0.4) is 0 Å². The van der Waals surface area contributed by atoms with Crippen LogP contribution in [0.5, 0.6) is 5.75 Å². The van der Waals surface area contributed by atoms with Crippen molar-refractivity contribution in [1.29, 1.82) is 0 Å². The molecule has 3 aliphatic rings. The summed E-state index contributed by atoms with van der Waals surface area (Å²) in [5.74, 6) is 2.91. The van der Waals surface area contributed by atoms with Gasteiger partial charge in [0.05, 0.1) is 6.10 Å². The van der Waals surface area contributed by atoms with E-state index in [4.69, 9.17) is 5.11 Å². The first-order valence-corrected chi connectivity index (χ1v) is 10.7. The summed E-state index contributed by atoms with van der Waals surface area (Å²) in [6, 6.07) is 6.01. The van der Waals surface area contributed by atoms with Gasteiger partial charge in [0.1, 0.15) is 5.75 Å². The molecule has 1 aromatic carbocycles. The van der Waals surface area contributed by atoms with Crippen LogP contribution in [0.15, 0.2) is 18.2 Å². The number of phenolic OH excluding ortho intramolecular Hbond substituents is 1. The van der Waals surface area contributed by atoms with Gasteiger partial charge in [0.2, 0.25) is 0 Å². The lowest BCUT2D eigenvalue weighted by atomic mass is 9.52. The standard InChI is InChI=1S/C23H34O3/c1-23-11-10-19-18-7-6-17(25)14-16(18)13-15(5-3-2-4-12-24)22(19)20(23)8-9-21(23)26/h6-7,14-15,19-22,24-26H,2-5,8-13H2,1H3/t15-,19-,20+,21+,22-,23+/m1/s1. The number of rotatable bonds is 5. The van der Waals surface area contributed by atoms with Crippen molar-refractivity contribution in [2.75, 3.05) is 6.61 Å². The number of aromatic hydroxyl groups is 1. The highest BCUT2D eigenvalue weighted by Gasteiger charge is 2.56. The highest BCUT2D eigenvalue weighted by molar-refractivity contribution is 5.40. The predicted octanol–water partition coefficient (Wildman–Crippen LogP) is 4.39. The lowest BCUT2D eigenvalue weighted by Crippen LogP contribution is -2.47. The zero-order valence-corrected chi connectivity index (χ0v) is 16.0. The zero-order chi connectivity index (χ0) is 18.3. The van der Waals surface area contributed by atoms with Crippen molar-refractivity contribution >= 4 is 0 Å². The normalized spacial score (nSPS) is 38.5. The molecule has 0 radical (unpaired) electrons. The SMILES string of the molecule is C[C@]12CC[C@@H]3c4ccc(O)cc4C[C@@H](CCCCCO)[C@H]3[C@@H]1CC[C@@H]2O. The van der Waals surface area contributed by atoms with Gasteiger partial charge in [-0.25, -0.2) is 0 Å². The van der Waals surface area contributed by atoms with Crippen molar-refractivity contribution in [3.63, 3.8) is 0 Å². The Morgan fingerprint density at radius 1 is 1.12 bits per heavy atom. The number of aliphatic hydroxyl groups is 2. The van der Waals surface area contributed by atoms with E-state index < -0.39 is 0 Å². The number of unbranched alkanes of at least 4 members (excludes halogenated alkanes) is 2. The van der Waals surface area contributed by atoms with Gasteiger partial charge in [0, 0.05) is 6.61 Å². The van der Waals surface area contributed by atoms with Crippen LogP contribution < -0.4 is 0 Å². The summed E-state index contributed by atoms with van der Waals surface area (Å²) < 4.78 is 0. The van der Waals surface area contributed by atoms with Gasteiger partial charge in [-0.15, -0.1) is 0 Å². The van der Waals surface area contributed by atoms with E-state index in [0.717, 1.165) is 32.1 Å². The van der Waals surface area contributed by atoms with E-state index in [1.807, 2.05) is 12.1 Å². The Kier molecular flexibility index (Phi) is 5.04.